The molecule has 2 saturated carbocycles. The number of hydrogen-bond acceptors (Lipinski definition) is 1. The fourth-order valence-corrected chi connectivity index (χ4v) is 7.41. The van der Waals surface area contributed by atoms with Crippen LogP contribution in [-0.4, -0.2) is 15.8 Å². The molecule has 1 aromatic heterocycles. The van der Waals surface area contributed by atoms with Crippen LogP contribution in [0.3, 0.4) is 0 Å². The number of aromatic nitrogens is 1. The first-order valence-electron chi connectivity index (χ1n) is 10.1. The zero-order valence-electron chi connectivity index (χ0n) is 16.0. The molecular weight excluding hydrogens is 306 g/mol. The molecule has 3 aliphatic rings. The van der Waals surface area contributed by atoms with Crippen molar-refractivity contribution in [1.82, 2.24) is 4.57 Å². The standard InChI is InChI=1S/C23H31NO/c1-21(2)18-9-12-23(4)19(22(18,3)11-10-20(21)25)14-16-13-15-7-5-6-8-17(15)24(16)23/h5-8,13,18-20,25H,9-12,14H2,1-4H3/t18-,19+,20-,22-,23-/m0/s1. The molecule has 2 heteroatoms. The van der Waals surface area contributed by atoms with Crippen LogP contribution in [0.5, 0.6) is 0 Å². The van der Waals surface area contributed by atoms with Crippen molar-refractivity contribution in [2.45, 2.75) is 71.4 Å². The van der Waals surface area contributed by atoms with Gasteiger partial charge in [-0.25, -0.2) is 0 Å². The highest BCUT2D eigenvalue weighted by Crippen LogP contribution is 2.66. The number of aliphatic hydroxyl groups is 1. The van der Waals surface area contributed by atoms with Crippen LogP contribution in [0.25, 0.3) is 10.9 Å². The molecule has 1 aromatic carbocycles. The normalized spacial score (nSPS) is 42.0. The van der Waals surface area contributed by atoms with E-state index in [0.29, 0.717) is 17.3 Å². The van der Waals surface area contributed by atoms with Crippen molar-refractivity contribution in [3.63, 3.8) is 0 Å². The Morgan fingerprint density at radius 3 is 2.56 bits per heavy atom. The maximum absolute atomic E-state index is 10.7. The number of aliphatic hydroxyl groups excluding tert-OH is 1. The Labute approximate surface area is 151 Å². The summed E-state index contributed by atoms with van der Waals surface area (Å²) < 4.78 is 2.69. The van der Waals surface area contributed by atoms with E-state index >= 15 is 0 Å². The largest absolute Gasteiger partial charge is 0.393 e. The highest BCUT2D eigenvalue weighted by atomic mass is 16.3. The molecule has 0 radical (unpaired) electrons. The van der Waals surface area contributed by atoms with Crippen LogP contribution in [0, 0.1) is 22.7 Å². The van der Waals surface area contributed by atoms with Crippen LogP contribution in [0.1, 0.15) is 59.1 Å². The lowest BCUT2D eigenvalue weighted by Crippen LogP contribution is -2.59. The quantitative estimate of drug-likeness (QED) is 0.708. The van der Waals surface area contributed by atoms with E-state index in [-0.39, 0.29) is 17.1 Å². The molecular formula is C23H31NO. The van der Waals surface area contributed by atoms with Crippen molar-refractivity contribution in [2.75, 3.05) is 0 Å². The van der Waals surface area contributed by atoms with Gasteiger partial charge in [0.15, 0.2) is 0 Å². The van der Waals surface area contributed by atoms with Crippen LogP contribution in [0.15, 0.2) is 30.3 Å². The molecule has 2 heterocycles. The minimum Gasteiger partial charge on any atom is -0.393 e. The molecule has 134 valence electrons. The fourth-order valence-electron chi connectivity index (χ4n) is 7.41. The highest BCUT2D eigenvalue weighted by molar-refractivity contribution is 5.82. The Morgan fingerprint density at radius 2 is 1.76 bits per heavy atom. The van der Waals surface area contributed by atoms with Gasteiger partial charge in [-0.15, -0.1) is 0 Å². The summed E-state index contributed by atoms with van der Waals surface area (Å²) in [5.41, 5.74) is 3.53. The van der Waals surface area contributed by atoms with E-state index in [1.165, 1.54) is 42.3 Å². The maximum Gasteiger partial charge on any atom is 0.0594 e. The van der Waals surface area contributed by atoms with Crippen molar-refractivity contribution in [2.24, 2.45) is 22.7 Å². The van der Waals surface area contributed by atoms with E-state index < -0.39 is 0 Å². The second-order valence-corrected chi connectivity index (χ2v) is 10.1. The Morgan fingerprint density at radius 1 is 1.00 bits per heavy atom. The molecule has 0 bridgehead atoms. The second kappa shape index (κ2) is 4.71. The lowest BCUT2D eigenvalue weighted by Gasteiger charge is -2.62. The van der Waals surface area contributed by atoms with Crippen LogP contribution in [0.4, 0.5) is 0 Å². The summed E-state index contributed by atoms with van der Waals surface area (Å²) in [4.78, 5) is 0. The lowest BCUT2D eigenvalue weighted by molar-refractivity contribution is -0.158. The van der Waals surface area contributed by atoms with Gasteiger partial charge in [-0.3, -0.25) is 0 Å². The highest BCUT2D eigenvalue weighted by Gasteiger charge is 2.62. The van der Waals surface area contributed by atoms with E-state index in [4.69, 9.17) is 0 Å². The smallest absolute Gasteiger partial charge is 0.0594 e. The van der Waals surface area contributed by atoms with Crippen molar-refractivity contribution < 1.29 is 5.11 Å². The van der Waals surface area contributed by atoms with E-state index in [0.717, 1.165) is 6.42 Å². The molecule has 0 unspecified atom stereocenters. The van der Waals surface area contributed by atoms with Gasteiger partial charge < -0.3 is 9.67 Å². The summed E-state index contributed by atoms with van der Waals surface area (Å²) in [7, 11) is 0. The summed E-state index contributed by atoms with van der Waals surface area (Å²) in [6.07, 6.45) is 5.66. The monoisotopic (exact) mass is 337 g/mol. The van der Waals surface area contributed by atoms with E-state index in [9.17, 15) is 5.11 Å². The second-order valence-electron chi connectivity index (χ2n) is 10.1. The van der Waals surface area contributed by atoms with Gasteiger partial charge in [-0.05, 0) is 79.2 Å². The molecule has 5 rings (SSSR count). The Bertz CT molecular complexity index is 849. The van der Waals surface area contributed by atoms with Crippen molar-refractivity contribution in [3.05, 3.63) is 36.0 Å². The maximum atomic E-state index is 10.7. The molecule has 2 fully saturated rings. The van der Waals surface area contributed by atoms with Gasteiger partial charge in [0, 0.05) is 16.7 Å². The summed E-state index contributed by atoms with van der Waals surface area (Å²) in [5.74, 6) is 1.31. The third-order valence-corrected chi connectivity index (χ3v) is 8.71. The third-order valence-electron chi connectivity index (χ3n) is 8.71. The molecule has 0 amide bonds. The molecule has 1 N–H and O–H groups in total. The number of rotatable bonds is 0. The lowest BCUT2D eigenvalue weighted by atomic mass is 9.44. The van der Waals surface area contributed by atoms with Crippen LogP contribution in [-0.2, 0) is 12.0 Å². The molecule has 0 spiro atoms. The number of nitrogens with zero attached hydrogens (tertiary/aromatic N) is 1. The Balaban J connectivity index is 1.65. The minimum absolute atomic E-state index is 0.0354. The molecule has 2 aliphatic carbocycles. The van der Waals surface area contributed by atoms with Gasteiger partial charge in [0.2, 0.25) is 0 Å². The number of benzene rings is 1. The predicted molar refractivity (Wildman–Crippen MR) is 103 cm³/mol. The SMILES string of the molecule is CC1(C)[C@@H](O)CC[C@]2(C)[C@H]3Cc4cc5ccccc5n4[C@@]3(C)CC[C@@H]12. The van der Waals surface area contributed by atoms with Gasteiger partial charge in [-0.1, -0.05) is 39.0 Å². The molecule has 0 saturated heterocycles. The molecule has 2 nitrogen and oxygen atoms in total. The Hall–Kier alpha value is -1.28. The minimum atomic E-state index is -0.143. The Kier molecular flexibility index (Phi) is 3.00. The van der Waals surface area contributed by atoms with Gasteiger partial charge >= 0.3 is 0 Å². The van der Waals surface area contributed by atoms with E-state index in [1.807, 2.05) is 0 Å². The van der Waals surface area contributed by atoms with E-state index in [2.05, 4.69) is 62.6 Å². The molecule has 25 heavy (non-hydrogen) atoms. The van der Waals surface area contributed by atoms with Gasteiger partial charge in [-0.2, -0.15) is 0 Å². The topological polar surface area (TPSA) is 25.2 Å². The average molecular weight is 338 g/mol. The van der Waals surface area contributed by atoms with Gasteiger partial charge in [0.05, 0.1) is 6.10 Å². The average Bonchev–Trinajstić information content (AvgIpc) is 3.07. The third kappa shape index (κ3) is 1.79. The first kappa shape index (κ1) is 15.9. The fraction of sp³-hybridized carbons (Fsp3) is 0.652. The summed E-state index contributed by atoms with van der Waals surface area (Å²) in [6.45, 7) is 9.68. The van der Waals surface area contributed by atoms with Crippen molar-refractivity contribution in [1.29, 1.82) is 0 Å². The first-order chi connectivity index (χ1) is 11.8. The van der Waals surface area contributed by atoms with Crippen LogP contribution < -0.4 is 0 Å². The summed E-state index contributed by atoms with van der Waals surface area (Å²) in [6, 6.07) is 11.3. The molecule has 5 atom stereocenters. The predicted octanol–water partition coefficient (Wildman–Crippen LogP) is 5.13. The number of hydrogen-bond donors (Lipinski definition) is 1. The zero-order chi connectivity index (χ0) is 17.6. The number of para-hydroxylation sites is 1. The summed E-state index contributed by atoms with van der Waals surface area (Å²) >= 11 is 0. The summed E-state index contributed by atoms with van der Waals surface area (Å²) in [5, 5.41) is 12.1. The van der Waals surface area contributed by atoms with Crippen molar-refractivity contribution >= 4 is 10.9 Å². The molecule has 2 aromatic rings. The van der Waals surface area contributed by atoms with Crippen molar-refractivity contribution in [3.8, 4) is 0 Å². The first-order valence-corrected chi connectivity index (χ1v) is 10.1. The zero-order valence-corrected chi connectivity index (χ0v) is 16.0. The van der Waals surface area contributed by atoms with E-state index in [1.54, 1.807) is 0 Å². The van der Waals surface area contributed by atoms with Gasteiger partial charge in [0.25, 0.3) is 0 Å². The van der Waals surface area contributed by atoms with Gasteiger partial charge in [0.1, 0.15) is 0 Å². The van der Waals surface area contributed by atoms with Crippen LogP contribution >= 0.6 is 0 Å². The number of fused-ring (bicyclic) bond motifs is 7. The van der Waals surface area contributed by atoms with Crippen LogP contribution in [0.2, 0.25) is 0 Å². The molecule has 1 aliphatic heterocycles.